The summed E-state index contributed by atoms with van der Waals surface area (Å²) in [5.74, 6) is 3.63. The molecule has 0 amide bonds. The monoisotopic (exact) mass is 288 g/mol. The molecule has 120 valence electrons. The lowest BCUT2D eigenvalue weighted by Gasteiger charge is -2.61. The van der Waals surface area contributed by atoms with Crippen LogP contribution in [0.2, 0.25) is 0 Å². The van der Waals surface area contributed by atoms with E-state index < -0.39 is 0 Å². The topological polar surface area (TPSA) is 0 Å². The van der Waals surface area contributed by atoms with Crippen LogP contribution in [0.25, 0.3) is 0 Å². The van der Waals surface area contributed by atoms with E-state index in [0.29, 0.717) is 10.8 Å². The van der Waals surface area contributed by atoms with Gasteiger partial charge in [-0.1, -0.05) is 59.1 Å². The van der Waals surface area contributed by atoms with Crippen molar-refractivity contribution in [3.05, 3.63) is 11.6 Å². The fourth-order valence-electron chi connectivity index (χ4n) is 6.52. The van der Waals surface area contributed by atoms with Crippen molar-refractivity contribution >= 4 is 0 Å². The van der Waals surface area contributed by atoms with E-state index in [1.807, 2.05) is 0 Å². The lowest BCUT2D eigenvalue weighted by molar-refractivity contribution is -0.101. The van der Waals surface area contributed by atoms with Crippen molar-refractivity contribution < 1.29 is 0 Å². The third-order valence-electron chi connectivity index (χ3n) is 7.97. The van der Waals surface area contributed by atoms with Gasteiger partial charge in [-0.15, -0.1) is 0 Å². The minimum absolute atomic E-state index is 0.625. The zero-order valence-electron chi connectivity index (χ0n) is 15.0. The Kier molecular flexibility index (Phi) is 4.04. The Morgan fingerprint density at radius 2 is 1.90 bits per heavy atom. The van der Waals surface area contributed by atoms with Gasteiger partial charge in [0.05, 0.1) is 0 Å². The van der Waals surface area contributed by atoms with Gasteiger partial charge in [-0.25, -0.2) is 0 Å². The molecule has 0 heteroatoms. The highest BCUT2D eigenvalue weighted by molar-refractivity contribution is 5.17. The SMILES string of the molecule is CCC1(C)CCCC2(C)C3CCC(C(C)C)=CC3CCC12. The third kappa shape index (κ3) is 2.41. The summed E-state index contributed by atoms with van der Waals surface area (Å²) in [5.41, 5.74) is 3.01. The van der Waals surface area contributed by atoms with Crippen molar-refractivity contribution in [3.63, 3.8) is 0 Å². The van der Waals surface area contributed by atoms with Crippen molar-refractivity contribution in [3.8, 4) is 0 Å². The number of allylic oxidation sites excluding steroid dienone is 2. The van der Waals surface area contributed by atoms with Gasteiger partial charge >= 0.3 is 0 Å². The standard InChI is InChI=1S/C21H36/c1-6-20(4)12-7-13-21(5)18-10-8-16(15(2)3)14-17(18)9-11-19(20)21/h14-15,17-19H,6-13H2,1-5H3. The van der Waals surface area contributed by atoms with Crippen LogP contribution in [0.15, 0.2) is 11.6 Å². The molecule has 0 N–H and O–H groups in total. The summed E-state index contributed by atoms with van der Waals surface area (Å²) in [4.78, 5) is 0. The Morgan fingerprint density at radius 1 is 1.14 bits per heavy atom. The van der Waals surface area contributed by atoms with Gasteiger partial charge in [0, 0.05) is 0 Å². The van der Waals surface area contributed by atoms with Crippen LogP contribution in [0.1, 0.15) is 86.0 Å². The summed E-state index contributed by atoms with van der Waals surface area (Å²) in [6, 6.07) is 0. The van der Waals surface area contributed by atoms with Crippen molar-refractivity contribution in [1.82, 2.24) is 0 Å². The van der Waals surface area contributed by atoms with Crippen molar-refractivity contribution in [2.45, 2.75) is 86.0 Å². The Labute approximate surface area is 132 Å². The molecule has 0 aromatic carbocycles. The minimum Gasteiger partial charge on any atom is -0.0817 e. The van der Waals surface area contributed by atoms with Crippen LogP contribution in [0.4, 0.5) is 0 Å². The molecule has 21 heavy (non-hydrogen) atoms. The maximum Gasteiger partial charge on any atom is -0.0197 e. The molecule has 0 spiro atoms. The van der Waals surface area contributed by atoms with E-state index >= 15 is 0 Å². The molecule has 5 atom stereocenters. The Hall–Kier alpha value is -0.260. The number of hydrogen-bond acceptors (Lipinski definition) is 0. The molecule has 0 aromatic rings. The highest BCUT2D eigenvalue weighted by Crippen LogP contribution is 2.64. The maximum absolute atomic E-state index is 2.72. The molecular formula is C21H36. The van der Waals surface area contributed by atoms with Gasteiger partial charge in [0.2, 0.25) is 0 Å². The molecule has 0 radical (unpaired) electrons. The molecule has 0 aromatic heterocycles. The zero-order chi connectivity index (χ0) is 15.3. The van der Waals surface area contributed by atoms with Gasteiger partial charge in [-0.2, -0.15) is 0 Å². The molecule has 5 unspecified atom stereocenters. The maximum atomic E-state index is 2.72. The van der Waals surface area contributed by atoms with E-state index in [-0.39, 0.29) is 0 Å². The lowest BCUT2D eigenvalue weighted by atomic mass is 9.44. The van der Waals surface area contributed by atoms with E-state index in [1.165, 1.54) is 51.4 Å². The van der Waals surface area contributed by atoms with E-state index in [9.17, 15) is 0 Å². The Balaban J connectivity index is 1.89. The summed E-state index contributed by atoms with van der Waals surface area (Å²) < 4.78 is 0. The normalized spacial score (nSPS) is 46.8. The molecule has 0 nitrogen and oxygen atoms in total. The second-order valence-corrected chi connectivity index (χ2v) is 9.20. The van der Waals surface area contributed by atoms with Crippen LogP contribution >= 0.6 is 0 Å². The fraction of sp³-hybridized carbons (Fsp3) is 0.905. The highest BCUT2D eigenvalue weighted by atomic mass is 14.6. The quantitative estimate of drug-likeness (QED) is 0.501. The summed E-state index contributed by atoms with van der Waals surface area (Å²) >= 11 is 0. The molecule has 0 heterocycles. The molecule has 3 aliphatic carbocycles. The highest BCUT2D eigenvalue weighted by Gasteiger charge is 2.55. The average molecular weight is 289 g/mol. The van der Waals surface area contributed by atoms with Crippen LogP contribution in [0.3, 0.4) is 0 Å². The zero-order valence-corrected chi connectivity index (χ0v) is 15.0. The second-order valence-electron chi connectivity index (χ2n) is 9.20. The van der Waals surface area contributed by atoms with Crippen molar-refractivity contribution in [2.24, 2.45) is 34.5 Å². The van der Waals surface area contributed by atoms with E-state index in [1.54, 1.807) is 5.57 Å². The van der Waals surface area contributed by atoms with Crippen LogP contribution in [0, 0.1) is 34.5 Å². The molecule has 2 saturated carbocycles. The van der Waals surface area contributed by atoms with Crippen LogP contribution in [-0.2, 0) is 0 Å². The van der Waals surface area contributed by atoms with E-state index in [2.05, 4.69) is 40.7 Å². The summed E-state index contributed by atoms with van der Waals surface area (Å²) in [6.07, 6.45) is 14.4. The lowest BCUT2D eigenvalue weighted by Crippen LogP contribution is -2.52. The summed E-state index contributed by atoms with van der Waals surface area (Å²) in [7, 11) is 0. The Bertz CT molecular complexity index is 418. The predicted molar refractivity (Wildman–Crippen MR) is 92.2 cm³/mol. The van der Waals surface area contributed by atoms with Gasteiger partial charge in [-0.3, -0.25) is 0 Å². The number of rotatable bonds is 2. The van der Waals surface area contributed by atoms with E-state index in [4.69, 9.17) is 0 Å². The van der Waals surface area contributed by atoms with Crippen molar-refractivity contribution in [1.29, 1.82) is 0 Å². The second kappa shape index (κ2) is 5.43. The molecule has 0 bridgehead atoms. The largest absolute Gasteiger partial charge is 0.0817 e. The van der Waals surface area contributed by atoms with Gasteiger partial charge in [0.25, 0.3) is 0 Å². The van der Waals surface area contributed by atoms with Gasteiger partial charge < -0.3 is 0 Å². The number of hydrogen-bond donors (Lipinski definition) is 0. The molecule has 2 fully saturated rings. The van der Waals surface area contributed by atoms with Crippen LogP contribution in [0.5, 0.6) is 0 Å². The molecule has 0 saturated heterocycles. The van der Waals surface area contributed by atoms with E-state index in [0.717, 1.165) is 23.7 Å². The first-order valence-electron chi connectivity index (χ1n) is 9.61. The average Bonchev–Trinajstić information content (AvgIpc) is 2.46. The first kappa shape index (κ1) is 15.6. The fourth-order valence-corrected chi connectivity index (χ4v) is 6.52. The third-order valence-corrected chi connectivity index (χ3v) is 7.97. The van der Waals surface area contributed by atoms with Gasteiger partial charge in [0.1, 0.15) is 0 Å². The first-order valence-corrected chi connectivity index (χ1v) is 9.61. The molecule has 0 aliphatic heterocycles. The molecule has 3 aliphatic rings. The predicted octanol–water partition coefficient (Wildman–Crippen LogP) is 6.61. The van der Waals surface area contributed by atoms with Gasteiger partial charge in [-0.05, 0) is 73.0 Å². The van der Waals surface area contributed by atoms with Gasteiger partial charge in [0.15, 0.2) is 0 Å². The van der Waals surface area contributed by atoms with Crippen LogP contribution < -0.4 is 0 Å². The first-order chi connectivity index (χ1) is 9.90. The van der Waals surface area contributed by atoms with Crippen LogP contribution in [-0.4, -0.2) is 0 Å². The summed E-state index contributed by atoms with van der Waals surface area (Å²) in [5, 5.41) is 0. The number of fused-ring (bicyclic) bond motifs is 3. The summed E-state index contributed by atoms with van der Waals surface area (Å²) in [6.45, 7) is 12.5. The smallest absolute Gasteiger partial charge is 0.0197 e. The molecule has 3 rings (SSSR count). The minimum atomic E-state index is 0.625. The van der Waals surface area contributed by atoms with Crippen molar-refractivity contribution in [2.75, 3.05) is 0 Å². The Morgan fingerprint density at radius 3 is 2.57 bits per heavy atom. The molecular weight excluding hydrogens is 252 g/mol.